The molecule has 0 amide bonds. The van der Waals surface area contributed by atoms with E-state index in [0.717, 1.165) is 88.5 Å². The van der Waals surface area contributed by atoms with Gasteiger partial charge in [-0.05, 0) is 83.4 Å². The van der Waals surface area contributed by atoms with Gasteiger partial charge in [0, 0.05) is 49.3 Å². The van der Waals surface area contributed by atoms with Crippen molar-refractivity contribution in [2.75, 3.05) is 0 Å². The highest BCUT2D eigenvalue weighted by Gasteiger charge is 2.22. The first-order chi connectivity index (χ1) is 26.8. The number of para-hydroxylation sites is 5. The van der Waals surface area contributed by atoms with E-state index in [9.17, 15) is 0 Å². The Kier molecular flexibility index (Phi) is 6.02. The van der Waals surface area contributed by atoms with Gasteiger partial charge in [-0.2, -0.15) is 0 Å². The van der Waals surface area contributed by atoms with Crippen LogP contribution in [0, 0.1) is 0 Å². The van der Waals surface area contributed by atoms with Gasteiger partial charge in [-0.1, -0.05) is 115 Å². The highest BCUT2D eigenvalue weighted by atomic mass is 16.3. The fourth-order valence-electron chi connectivity index (χ4n) is 8.78. The van der Waals surface area contributed by atoms with Gasteiger partial charge in [0.15, 0.2) is 0 Å². The summed E-state index contributed by atoms with van der Waals surface area (Å²) in [6, 6.07) is 64.6. The van der Waals surface area contributed by atoms with Crippen molar-refractivity contribution >= 4 is 76.7 Å². The Bertz CT molecular complexity index is 3430. The molecule has 252 valence electrons. The highest BCUT2D eigenvalue weighted by Crippen LogP contribution is 2.45. The summed E-state index contributed by atoms with van der Waals surface area (Å²) in [5.74, 6) is 0. The number of aromatic nitrogens is 2. The van der Waals surface area contributed by atoms with Crippen molar-refractivity contribution < 1.29 is 8.83 Å². The Morgan fingerprint density at radius 3 is 1.69 bits per heavy atom. The van der Waals surface area contributed by atoms with Crippen LogP contribution in [0.2, 0.25) is 0 Å². The van der Waals surface area contributed by atoms with Crippen LogP contribution in [0.4, 0.5) is 0 Å². The SMILES string of the molecule is c1ccc(-n2c3ccccc3c3cc(-c4ccc(-c5ccc6c7c8ccccc8oc7n(-c7ccccc7)c6c5)c5oc6ccccc6c45)ccc32)cc1. The quantitative estimate of drug-likeness (QED) is 0.184. The Morgan fingerprint density at radius 2 is 0.907 bits per heavy atom. The van der Waals surface area contributed by atoms with E-state index in [1.807, 2.05) is 18.2 Å². The molecule has 4 nitrogen and oxygen atoms in total. The summed E-state index contributed by atoms with van der Waals surface area (Å²) in [7, 11) is 0. The lowest BCUT2D eigenvalue weighted by Gasteiger charge is -2.11. The van der Waals surface area contributed by atoms with E-state index in [4.69, 9.17) is 8.83 Å². The largest absolute Gasteiger partial charge is 0.455 e. The van der Waals surface area contributed by atoms with E-state index in [0.29, 0.717) is 0 Å². The molecule has 12 aromatic rings. The maximum Gasteiger partial charge on any atom is 0.213 e. The maximum atomic E-state index is 6.82. The zero-order valence-electron chi connectivity index (χ0n) is 29.0. The minimum absolute atomic E-state index is 0.850. The summed E-state index contributed by atoms with van der Waals surface area (Å²) in [6.45, 7) is 0. The normalized spacial score (nSPS) is 12.1. The summed E-state index contributed by atoms with van der Waals surface area (Å²) in [5.41, 5.74) is 13.6. The molecule has 8 aromatic carbocycles. The summed E-state index contributed by atoms with van der Waals surface area (Å²) in [6.07, 6.45) is 0. The van der Waals surface area contributed by atoms with Gasteiger partial charge in [0.2, 0.25) is 5.71 Å². The van der Waals surface area contributed by atoms with Crippen LogP contribution in [0.5, 0.6) is 0 Å². The van der Waals surface area contributed by atoms with Gasteiger partial charge in [-0.3, -0.25) is 4.57 Å². The van der Waals surface area contributed by atoms with Crippen molar-refractivity contribution in [1.29, 1.82) is 0 Å². The van der Waals surface area contributed by atoms with Crippen LogP contribution < -0.4 is 0 Å². The number of benzene rings is 8. The van der Waals surface area contributed by atoms with E-state index in [1.54, 1.807) is 0 Å². The molecule has 0 aliphatic carbocycles. The van der Waals surface area contributed by atoms with Gasteiger partial charge < -0.3 is 13.4 Å². The predicted octanol–water partition coefficient (Wildman–Crippen LogP) is 13.9. The zero-order valence-corrected chi connectivity index (χ0v) is 29.0. The van der Waals surface area contributed by atoms with E-state index in [2.05, 4.69) is 173 Å². The maximum absolute atomic E-state index is 6.82. The van der Waals surface area contributed by atoms with E-state index < -0.39 is 0 Å². The van der Waals surface area contributed by atoms with Gasteiger partial charge in [0.1, 0.15) is 16.7 Å². The van der Waals surface area contributed by atoms with Gasteiger partial charge in [-0.15, -0.1) is 0 Å². The van der Waals surface area contributed by atoms with Crippen LogP contribution in [0.25, 0.3) is 110 Å². The third-order valence-electron chi connectivity index (χ3n) is 11.1. The summed E-state index contributed by atoms with van der Waals surface area (Å²) in [5, 5.41) is 8.08. The summed E-state index contributed by atoms with van der Waals surface area (Å²) < 4.78 is 18.0. The van der Waals surface area contributed by atoms with Crippen LogP contribution in [0.3, 0.4) is 0 Å². The molecule has 0 atom stereocenters. The summed E-state index contributed by atoms with van der Waals surface area (Å²) in [4.78, 5) is 0. The average Bonchev–Trinajstić information content (AvgIpc) is 3.98. The third-order valence-corrected chi connectivity index (χ3v) is 11.1. The Morgan fingerprint density at radius 1 is 0.333 bits per heavy atom. The van der Waals surface area contributed by atoms with Gasteiger partial charge >= 0.3 is 0 Å². The molecule has 4 heteroatoms. The van der Waals surface area contributed by atoms with E-state index in [1.165, 1.54) is 21.8 Å². The molecular weight excluding hydrogens is 661 g/mol. The molecule has 54 heavy (non-hydrogen) atoms. The number of rotatable bonds is 4. The Balaban J connectivity index is 1.10. The van der Waals surface area contributed by atoms with E-state index >= 15 is 0 Å². The van der Waals surface area contributed by atoms with Crippen LogP contribution in [-0.2, 0) is 0 Å². The van der Waals surface area contributed by atoms with Crippen molar-refractivity contribution in [2.24, 2.45) is 0 Å². The van der Waals surface area contributed by atoms with Crippen molar-refractivity contribution in [3.8, 4) is 33.6 Å². The molecule has 12 rings (SSSR count). The molecule has 0 aliphatic rings. The molecule has 0 radical (unpaired) electrons. The fraction of sp³-hybridized carbons (Fsp3) is 0. The van der Waals surface area contributed by atoms with Crippen LogP contribution >= 0.6 is 0 Å². The zero-order chi connectivity index (χ0) is 35.3. The third kappa shape index (κ3) is 4.08. The van der Waals surface area contributed by atoms with Crippen molar-refractivity contribution in [1.82, 2.24) is 9.13 Å². The number of fused-ring (bicyclic) bond motifs is 11. The van der Waals surface area contributed by atoms with Gasteiger partial charge in [-0.25, -0.2) is 0 Å². The molecule has 0 saturated carbocycles. The molecule has 0 aliphatic heterocycles. The van der Waals surface area contributed by atoms with Crippen LogP contribution in [0.1, 0.15) is 0 Å². The smallest absolute Gasteiger partial charge is 0.213 e. The lowest BCUT2D eigenvalue weighted by atomic mass is 9.93. The minimum Gasteiger partial charge on any atom is -0.455 e. The Labute approximate surface area is 309 Å². The molecule has 0 N–H and O–H groups in total. The van der Waals surface area contributed by atoms with Crippen molar-refractivity contribution in [3.05, 3.63) is 182 Å². The number of furan rings is 2. The molecule has 0 spiro atoms. The molecule has 0 unspecified atom stereocenters. The number of hydrogen-bond donors (Lipinski definition) is 0. The average molecular weight is 691 g/mol. The second kappa shape index (κ2) is 11.1. The van der Waals surface area contributed by atoms with Crippen molar-refractivity contribution in [3.63, 3.8) is 0 Å². The van der Waals surface area contributed by atoms with Gasteiger partial charge in [0.25, 0.3) is 0 Å². The summed E-state index contributed by atoms with van der Waals surface area (Å²) >= 11 is 0. The first kappa shape index (κ1) is 29.3. The highest BCUT2D eigenvalue weighted by molar-refractivity contribution is 6.22. The topological polar surface area (TPSA) is 36.1 Å². The number of hydrogen-bond acceptors (Lipinski definition) is 2. The fourth-order valence-corrected chi connectivity index (χ4v) is 8.78. The molecular formula is C50H30N2O2. The van der Waals surface area contributed by atoms with Gasteiger partial charge in [0.05, 0.1) is 21.9 Å². The van der Waals surface area contributed by atoms with Crippen LogP contribution in [-0.4, -0.2) is 9.13 Å². The number of nitrogens with zero attached hydrogens (tertiary/aromatic N) is 2. The lowest BCUT2D eigenvalue weighted by molar-refractivity contribution is 0.645. The van der Waals surface area contributed by atoms with E-state index in [-0.39, 0.29) is 0 Å². The first-order valence-electron chi connectivity index (χ1n) is 18.3. The second-order valence-corrected chi connectivity index (χ2v) is 14.1. The second-order valence-electron chi connectivity index (χ2n) is 14.1. The molecule has 0 saturated heterocycles. The monoisotopic (exact) mass is 690 g/mol. The minimum atomic E-state index is 0.850. The predicted molar refractivity (Wildman–Crippen MR) is 223 cm³/mol. The Hall–Kier alpha value is -7.30. The molecule has 0 bridgehead atoms. The lowest BCUT2D eigenvalue weighted by Crippen LogP contribution is -1.93. The first-order valence-corrected chi connectivity index (χ1v) is 18.3. The molecule has 4 aromatic heterocycles. The standard InChI is InChI=1S/C50H30N2O2/c1-3-13-33(14-4-1)51-42-20-10-7-17-37(42)41-29-31(24-28-43(41)51)35-26-27-36(49-47(35)39-18-8-11-21-45(39)53-49)32-23-25-38-44(30-32)52(34-15-5-2-6-16-34)50-48(38)40-19-9-12-22-46(40)54-50/h1-30H. The molecule has 0 fully saturated rings. The van der Waals surface area contributed by atoms with Crippen molar-refractivity contribution in [2.45, 2.75) is 0 Å². The molecule has 4 heterocycles. The van der Waals surface area contributed by atoms with Crippen LogP contribution in [0.15, 0.2) is 191 Å².